The first-order valence-electron chi connectivity index (χ1n) is 7.69. The van der Waals surface area contributed by atoms with Crippen LogP contribution in [-0.4, -0.2) is 55.3 Å². The Morgan fingerprint density at radius 1 is 1.38 bits per heavy atom. The highest BCUT2D eigenvalue weighted by Gasteiger charge is 2.25. The Hall–Kier alpha value is -1.04. The molecule has 21 heavy (non-hydrogen) atoms. The van der Waals surface area contributed by atoms with Crippen LogP contribution < -0.4 is 10.6 Å². The number of rotatable bonds is 9. The predicted octanol–water partition coefficient (Wildman–Crippen LogP) is 1.58. The fourth-order valence-electron chi connectivity index (χ4n) is 2.33. The Morgan fingerprint density at radius 2 is 2.14 bits per heavy atom. The highest BCUT2D eigenvalue weighted by Crippen LogP contribution is 2.15. The van der Waals surface area contributed by atoms with Crippen molar-refractivity contribution in [2.45, 2.75) is 24.3 Å². The van der Waals surface area contributed by atoms with E-state index in [-0.39, 0.29) is 5.91 Å². The molecule has 0 atom stereocenters. The fraction of sp³-hybridized carbons (Fsp3) is 0.562. The van der Waals surface area contributed by atoms with Crippen molar-refractivity contribution in [3.05, 3.63) is 30.3 Å². The van der Waals surface area contributed by atoms with E-state index in [0.29, 0.717) is 12.6 Å². The summed E-state index contributed by atoms with van der Waals surface area (Å²) in [6.45, 7) is 6.43. The number of nitrogens with zero attached hydrogens (tertiary/aromatic N) is 1. The van der Waals surface area contributed by atoms with Gasteiger partial charge in [0.2, 0.25) is 5.91 Å². The van der Waals surface area contributed by atoms with Crippen LogP contribution in [0, 0.1) is 0 Å². The molecule has 1 aromatic rings. The number of benzene rings is 1. The average Bonchev–Trinajstić information content (AvgIpc) is 2.43. The molecule has 1 saturated heterocycles. The third-order valence-electron chi connectivity index (χ3n) is 3.57. The zero-order chi connectivity index (χ0) is 14.9. The normalized spacial score (nSPS) is 15.0. The molecule has 0 saturated carbocycles. The van der Waals surface area contributed by atoms with E-state index >= 15 is 0 Å². The number of nitrogens with one attached hydrogen (secondary N) is 2. The third kappa shape index (κ3) is 5.69. The first-order chi connectivity index (χ1) is 10.3. The summed E-state index contributed by atoms with van der Waals surface area (Å²) in [7, 11) is 0. The molecule has 116 valence electrons. The topological polar surface area (TPSA) is 44.4 Å². The quantitative estimate of drug-likeness (QED) is 0.537. The van der Waals surface area contributed by atoms with Crippen LogP contribution in [0.25, 0.3) is 0 Å². The van der Waals surface area contributed by atoms with Crippen molar-refractivity contribution in [3.8, 4) is 0 Å². The summed E-state index contributed by atoms with van der Waals surface area (Å²) in [5.74, 6) is 1.05. The lowest BCUT2D eigenvalue weighted by atomic mass is 10.1. The van der Waals surface area contributed by atoms with Crippen LogP contribution in [0.4, 0.5) is 0 Å². The van der Waals surface area contributed by atoms with Gasteiger partial charge in [-0.05, 0) is 25.1 Å². The van der Waals surface area contributed by atoms with Gasteiger partial charge in [-0.3, -0.25) is 9.69 Å². The summed E-state index contributed by atoms with van der Waals surface area (Å²) in [6.07, 6.45) is 1.09. The van der Waals surface area contributed by atoms with E-state index < -0.39 is 0 Å². The maximum absolute atomic E-state index is 12.0. The van der Waals surface area contributed by atoms with Crippen molar-refractivity contribution in [1.29, 1.82) is 0 Å². The smallest absolute Gasteiger partial charge is 0.234 e. The zero-order valence-electron chi connectivity index (χ0n) is 12.7. The largest absolute Gasteiger partial charge is 0.354 e. The van der Waals surface area contributed by atoms with E-state index in [9.17, 15) is 4.79 Å². The zero-order valence-corrected chi connectivity index (χ0v) is 13.5. The van der Waals surface area contributed by atoms with Crippen molar-refractivity contribution in [2.75, 3.05) is 38.5 Å². The molecule has 0 unspecified atom stereocenters. The average molecular weight is 307 g/mol. The minimum absolute atomic E-state index is 0.143. The molecule has 1 amide bonds. The monoisotopic (exact) mass is 307 g/mol. The van der Waals surface area contributed by atoms with Gasteiger partial charge in [0.25, 0.3) is 0 Å². The van der Waals surface area contributed by atoms with Crippen molar-refractivity contribution in [1.82, 2.24) is 15.5 Å². The standard InChI is InChI=1S/C16H25N3OS/c1-2-9-19(14-11-17-12-14)13-16(20)18-8-10-21-15-6-4-3-5-7-15/h3-7,14,17H,2,8-13H2,1H3,(H,18,20). The Balaban J connectivity index is 1.62. The van der Waals surface area contributed by atoms with Gasteiger partial charge in [0.05, 0.1) is 6.54 Å². The second-order valence-electron chi connectivity index (χ2n) is 5.29. The number of amides is 1. The van der Waals surface area contributed by atoms with E-state index in [4.69, 9.17) is 0 Å². The summed E-state index contributed by atoms with van der Waals surface area (Å²) < 4.78 is 0. The summed E-state index contributed by atoms with van der Waals surface area (Å²) >= 11 is 1.78. The summed E-state index contributed by atoms with van der Waals surface area (Å²) in [6, 6.07) is 10.8. The van der Waals surface area contributed by atoms with Gasteiger partial charge in [-0.2, -0.15) is 0 Å². The molecule has 2 N–H and O–H groups in total. The molecule has 0 bridgehead atoms. The van der Waals surface area contributed by atoms with Gasteiger partial charge in [-0.25, -0.2) is 0 Å². The van der Waals surface area contributed by atoms with Crippen LogP contribution >= 0.6 is 11.8 Å². The maximum Gasteiger partial charge on any atom is 0.234 e. The number of hydrogen-bond acceptors (Lipinski definition) is 4. The van der Waals surface area contributed by atoms with Crippen LogP contribution in [-0.2, 0) is 4.79 Å². The summed E-state index contributed by atoms with van der Waals surface area (Å²) in [5, 5.41) is 6.29. The van der Waals surface area contributed by atoms with Gasteiger partial charge in [0.15, 0.2) is 0 Å². The van der Waals surface area contributed by atoms with Crippen LogP contribution in [0.5, 0.6) is 0 Å². The molecule has 5 heteroatoms. The van der Waals surface area contributed by atoms with Crippen LogP contribution in [0.3, 0.4) is 0 Å². The van der Waals surface area contributed by atoms with Crippen molar-refractivity contribution >= 4 is 17.7 Å². The van der Waals surface area contributed by atoms with Gasteiger partial charge < -0.3 is 10.6 Å². The van der Waals surface area contributed by atoms with E-state index in [1.165, 1.54) is 4.90 Å². The van der Waals surface area contributed by atoms with E-state index in [2.05, 4.69) is 34.6 Å². The van der Waals surface area contributed by atoms with Crippen LogP contribution in [0.2, 0.25) is 0 Å². The summed E-state index contributed by atoms with van der Waals surface area (Å²) in [4.78, 5) is 15.5. The number of hydrogen-bond donors (Lipinski definition) is 2. The first kappa shape index (κ1) is 16.3. The molecule has 0 aromatic heterocycles. The molecular weight excluding hydrogens is 282 g/mol. The number of thioether (sulfide) groups is 1. The first-order valence-corrected chi connectivity index (χ1v) is 8.67. The van der Waals surface area contributed by atoms with Gasteiger partial charge in [-0.1, -0.05) is 25.1 Å². The summed E-state index contributed by atoms with van der Waals surface area (Å²) in [5.41, 5.74) is 0. The molecule has 1 fully saturated rings. The van der Waals surface area contributed by atoms with Gasteiger partial charge in [-0.15, -0.1) is 11.8 Å². The molecule has 0 radical (unpaired) electrons. The Bertz CT molecular complexity index is 423. The Kier molecular flexibility index (Phi) is 7.06. The second kappa shape index (κ2) is 9.07. The maximum atomic E-state index is 12.0. The van der Waals surface area contributed by atoms with Gasteiger partial charge in [0, 0.05) is 36.3 Å². The van der Waals surface area contributed by atoms with Gasteiger partial charge >= 0.3 is 0 Å². The molecule has 1 heterocycles. The lowest BCUT2D eigenvalue weighted by Crippen LogP contribution is -2.59. The molecule has 0 spiro atoms. The van der Waals surface area contributed by atoms with E-state index in [1.54, 1.807) is 11.8 Å². The SMILES string of the molecule is CCCN(CC(=O)NCCSc1ccccc1)C1CNC1. The minimum Gasteiger partial charge on any atom is -0.354 e. The van der Waals surface area contributed by atoms with Gasteiger partial charge in [0.1, 0.15) is 0 Å². The molecule has 1 aliphatic rings. The van der Waals surface area contributed by atoms with E-state index in [0.717, 1.165) is 38.4 Å². The highest BCUT2D eigenvalue weighted by atomic mass is 32.2. The lowest BCUT2D eigenvalue weighted by molar-refractivity contribution is -0.122. The Labute approximate surface area is 131 Å². The predicted molar refractivity (Wildman–Crippen MR) is 88.7 cm³/mol. The lowest BCUT2D eigenvalue weighted by Gasteiger charge is -2.37. The fourth-order valence-corrected chi connectivity index (χ4v) is 3.12. The third-order valence-corrected chi connectivity index (χ3v) is 4.58. The van der Waals surface area contributed by atoms with E-state index in [1.807, 2.05) is 18.2 Å². The van der Waals surface area contributed by atoms with Crippen LogP contribution in [0.15, 0.2) is 35.2 Å². The van der Waals surface area contributed by atoms with Crippen molar-refractivity contribution < 1.29 is 4.79 Å². The molecular formula is C16H25N3OS. The Morgan fingerprint density at radius 3 is 2.76 bits per heavy atom. The molecule has 0 aliphatic carbocycles. The number of carbonyl (C=O) groups excluding carboxylic acids is 1. The molecule has 1 aliphatic heterocycles. The highest BCUT2D eigenvalue weighted by molar-refractivity contribution is 7.99. The molecule has 2 rings (SSSR count). The molecule has 1 aromatic carbocycles. The number of carbonyl (C=O) groups is 1. The van der Waals surface area contributed by atoms with Crippen molar-refractivity contribution in [2.24, 2.45) is 0 Å². The van der Waals surface area contributed by atoms with Crippen molar-refractivity contribution in [3.63, 3.8) is 0 Å². The minimum atomic E-state index is 0.143. The van der Waals surface area contributed by atoms with Crippen LogP contribution in [0.1, 0.15) is 13.3 Å². The second-order valence-corrected chi connectivity index (χ2v) is 6.46. The molecule has 4 nitrogen and oxygen atoms in total.